The lowest BCUT2D eigenvalue weighted by Gasteiger charge is -2.12. The highest BCUT2D eigenvalue weighted by atomic mass is 32.2. The van der Waals surface area contributed by atoms with Gasteiger partial charge in [0.1, 0.15) is 0 Å². The Morgan fingerprint density at radius 1 is 1.00 bits per heavy atom. The quantitative estimate of drug-likeness (QED) is 0.291. The molecule has 1 heterocycles. The molecule has 0 atom stereocenters. The maximum atomic E-state index is 12.4. The number of nitrogens with zero attached hydrogens (tertiary/aromatic N) is 2. The van der Waals surface area contributed by atoms with Crippen molar-refractivity contribution in [2.75, 3.05) is 24.8 Å². The van der Waals surface area contributed by atoms with Gasteiger partial charge < -0.3 is 19.4 Å². The molecule has 0 aliphatic rings. The zero-order chi connectivity index (χ0) is 25.2. The van der Waals surface area contributed by atoms with Gasteiger partial charge in [0.15, 0.2) is 16.7 Å². The van der Waals surface area contributed by atoms with Crippen LogP contribution in [0.2, 0.25) is 0 Å². The molecule has 3 amide bonds. The third kappa shape index (κ3) is 7.24. The predicted octanol–water partition coefficient (Wildman–Crippen LogP) is 3.02. The summed E-state index contributed by atoms with van der Waals surface area (Å²) >= 11 is 1.32. The van der Waals surface area contributed by atoms with Crippen LogP contribution in [-0.4, -0.2) is 46.7 Å². The number of rotatable bonds is 10. The van der Waals surface area contributed by atoms with E-state index in [-0.39, 0.29) is 11.7 Å². The van der Waals surface area contributed by atoms with Gasteiger partial charge >= 0.3 is 0 Å². The number of carbonyl (C=O) groups excluding carboxylic acids is 3. The third-order valence-corrected chi connectivity index (χ3v) is 5.78. The number of imidazole rings is 1. The second kappa shape index (κ2) is 12.5. The maximum Gasteiger partial charge on any atom is 0.269 e. The Kier molecular flexibility index (Phi) is 9.13. The Hall–Kier alpha value is -3.99. The highest BCUT2D eigenvalue weighted by molar-refractivity contribution is 7.99. The van der Waals surface area contributed by atoms with E-state index in [1.54, 1.807) is 42.6 Å². The molecule has 0 saturated heterocycles. The summed E-state index contributed by atoms with van der Waals surface area (Å²) in [5.41, 5.74) is 5.91. The van der Waals surface area contributed by atoms with Crippen molar-refractivity contribution in [3.63, 3.8) is 0 Å². The molecular weight excluding hydrogens is 470 g/mol. The van der Waals surface area contributed by atoms with Crippen molar-refractivity contribution in [3.8, 4) is 11.5 Å². The molecule has 0 saturated carbocycles. The number of thioether (sulfide) groups is 1. The van der Waals surface area contributed by atoms with Crippen LogP contribution >= 0.6 is 11.8 Å². The van der Waals surface area contributed by atoms with Gasteiger partial charge in [0, 0.05) is 36.3 Å². The SMILES string of the molecule is CCCOc1ccc(C(=O)NNC(=O)c2ccc(NC(=O)CSc3nccn3C)cc2)cc1OC. The summed E-state index contributed by atoms with van der Waals surface area (Å²) in [5.74, 6) is -0.0331. The second-order valence-electron chi connectivity index (χ2n) is 7.36. The standard InChI is InChI=1S/C24H27N5O5S/c1-4-13-34-19-10-7-17(14-20(19)33-3)23(32)28-27-22(31)16-5-8-18(9-6-16)26-21(30)15-35-24-25-11-12-29(24)2/h5-12,14H,4,13,15H2,1-3H3,(H,26,30)(H,27,31)(H,28,32). The Labute approximate surface area is 207 Å². The third-order valence-electron chi connectivity index (χ3n) is 4.72. The van der Waals surface area contributed by atoms with Gasteiger partial charge in [-0.2, -0.15) is 0 Å². The Morgan fingerprint density at radius 3 is 2.31 bits per heavy atom. The normalized spacial score (nSPS) is 10.4. The largest absolute Gasteiger partial charge is 0.493 e. The van der Waals surface area contributed by atoms with Crippen molar-refractivity contribution in [2.45, 2.75) is 18.5 Å². The molecule has 0 radical (unpaired) electrons. The number of anilines is 1. The molecule has 0 aliphatic heterocycles. The summed E-state index contributed by atoms with van der Waals surface area (Å²) in [6.07, 6.45) is 4.32. The second-order valence-corrected chi connectivity index (χ2v) is 8.30. The van der Waals surface area contributed by atoms with E-state index in [4.69, 9.17) is 9.47 Å². The smallest absolute Gasteiger partial charge is 0.269 e. The number of ether oxygens (including phenoxy) is 2. The number of methoxy groups -OCH3 is 1. The molecule has 1 aromatic heterocycles. The van der Waals surface area contributed by atoms with Crippen LogP contribution in [0.5, 0.6) is 11.5 Å². The number of amides is 3. The van der Waals surface area contributed by atoms with E-state index in [0.29, 0.717) is 34.9 Å². The molecule has 35 heavy (non-hydrogen) atoms. The van der Waals surface area contributed by atoms with Gasteiger partial charge in [-0.05, 0) is 48.9 Å². The molecule has 3 rings (SSSR count). The van der Waals surface area contributed by atoms with E-state index in [0.717, 1.165) is 11.6 Å². The molecular formula is C24H27N5O5S. The van der Waals surface area contributed by atoms with Gasteiger partial charge in [0.2, 0.25) is 5.91 Å². The van der Waals surface area contributed by atoms with Crippen molar-refractivity contribution in [2.24, 2.45) is 7.05 Å². The molecule has 0 spiro atoms. The molecule has 11 heteroatoms. The minimum Gasteiger partial charge on any atom is -0.493 e. The zero-order valence-electron chi connectivity index (χ0n) is 19.7. The molecule has 3 N–H and O–H groups in total. The summed E-state index contributed by atoms with van der Waals surface area (Å²) in [7, 11) is 3.35. The molecule has 2 aromatic carbocycles. The molecule has 10 nitrogen and oxygen atoms in total. The fraction of sp³-hybridized carbons (Fsp3) is 0.250. The molecule has 0 bridgehead atoms. The van der Waals surface area contributed by atoms with Crippen LogP contribution in [0.3, 0.4) is 0 Å². The lowest BCUT2D eigenvalue weighted by molar-refractivity contribution is -0.113. The van der Waals surface area contributed by atoms with Crippen molar-refractivity contribution >= 4 is 35.2 Å². The topological polar surface area (TPSA) is 124 Å². The minimum absolute atomic E-state index is 0.191. The van der Waals surface area contributed by atoms with Gasteiger partial charge in [-0.1, -0.05) is 18.7 Å². The van der Waals surface area contributed by atoms with E-state index in [2.05, 4.69) is 21.2 Å². The summed E-state index contributed by atoms with van der Waals surface area (Å²) in [6, 6.07) is 11.1. The van der Waals surface area contributed by atoms with Crippen molar-refractivity contribution < 1.29 is 23.9 Å². The van der Waals surface area contributed by atoms with Crippen LogP contribution < -0.4 is 25.6 Å². The van der Waals surface area contributed by atoms with Crippen LogP contribution in [0.15, 0.2) is 60.0 Å². The molecule has 0 fully saturated rings. The first-order valence-electron chi connectivity index (χ1n) is 10.8. The van der Waals surface area contributed by atoms with Gasteiger partial charge in [-0.25, -0.2) is 4.98 Å². The van der Waals surface area contributed by atoms with Gasteiger partial charge in [-0.3, -0.25) is 25.2 Å². The first-order valence-corrected chi connectivity index (χ1v) is 11.8. The highest BCUT2D eigenvalue weighted by Gasteiger charge is 2.13. The summed E-state index contributed by atoms with van der Waals surface area (Å²) in [6.45, 7) is 2.52. The first kappa shape index (κ1) is 25.6. The lowest BCUT2D eigenvalue weighted by Crippen LogP contribution is -2.41. The monoisotopic (exact) mass is 497 g/mol. The fourth-order valence-corrected chi connectivity index (χ4v) is 3.65. The van der Waals surface area contributed by atoms with Crippen molar-refractivity contribution in [3.05, 3.63) is 66.0 Å². The van der Waals surface area contributed by atoms with E-state index in [1.807, 2.05) is 24.7 Å². The first-order chi connectivity index (χ1) is 16.9. The van der Waals surface area contributed by atoms with Crippen molar-refractivity contribution in [1.29, 1.82) is 0 Å². The molecule has 3 aromatic rings. The van der Waals surface area contributed by atoms with Crippen LogP contribution in [0, 0.1) is 0 Å². The Morgan fingerprint density at radius 2 is 1.69 bits per heavy atom. The Balaban J connectivity index is 1.49. The highest BCUT2D eigenvalue weighted by Crippen LogP contribution is 2.28. The Bertz CT molecular complexity index is 1180. The van der Waals surface area contributed by atoms with Crippen LogP contribution in [-0.2, 0) is 11.8 Å². The summed E-state index contributed by atoms with van der Waals surface area (Å²) in [5, 5.41) is 3.51. The minimum atomic E-state index is -0.507. The van der Waals surface area contributed by atoms with E-state index in [9.17, 15) is 14.4 Å². The molecule has 184 valence electrons. The van der Waals surface area contributed by atoms with E-state index < -0.39 is 11.8 Å². The fourth-order valence-electron chi connectivity index (χ4n) is 2.92. The van der Waals surface area contributed by atoms with E-state index >= 15 is 0 Å². The van der Waals surface area contributed by atoms with Crippen molar-refractivity contribution in [1.82, 2.24) is 20.4 Å². The number of aromatic nitrogens is 2. The molecule has 0 unspecified atom stereocenters. The number of aryl methyl sites for hydroxylation is 1. The summed E-state index contributed by atoms with van der Waals surface area (Å²) in [4.78, 5) is 41.2. The van der Waals surface area contributed by atoms with Gasteiger partial charge in [0.05, 0.1) is 19.5 Å². The van der Waals surface area contributed by atoms with E-state index in [1.165, 1.54) is 24.9 Å². The number of nitrogens with one attached hydrogen (secondary N) is 3. The number of hydrazine groups is 1. The summed E-state index contributed by atoms with van der Waals surface area (Å²) < 4.78 is 12.7. The van der Waals surface area contributed by atoms with Crippen LogP contribution in [0.25, 0.3) is 0 Å². The number of benzene rings is 2. The van der Waals surface area contributed by atoms with Crippen LogP contribution in [0.4, 0.5) is 5.69 Å². The number of carbonyl (C=O) groups is 3. The maximum absolute atomic E-state index is 12.4. The predicted molar refractivity (Wildman–Crippen MR) is 133 cm³/mol. The average molecular weight is 498 g/mol. The average Bonchev–Trinajstić information content (AvgIpc) is 3.29. The zero-order valence-corrected chi connectivity index (χ0v) is 20.5. The van der Waals surface area contributed by atoms with Crippen LogP contribution in [0.1, 0.15) is 34.1 Å². The number of hydrogen-bond donors (Lipinski definition) is 3. The lowest BCUT2D eigenvalue weighted by atomic mass is 10.2. The van der Waals surface area contributed by atoms with Gasteiger partial charge in [0.25, 0.3) is 11.8 Å². The van der Waals surface area contributed by atoms with Gasteiger partial charge in [-0.15, -0.1) is 0 Å². The molecule has 0 aliphatic carbocycles. The number of hydrogen-bond acceptors (Lipinski definition) is 7.